The highest BCUT2D eigenvalue weighted by Gasteiger charge is 2.40. The van der Waals surface area contributed by atoms with Gasteiger partial charge in [-0.15, -0.1) is 0 Å². The maximum Gasteiger partial charge on any atom is 0.410 e. The molecule has 1 saturated heterocycles. The highest BCUT2D eigenvalue weighted by Crippen LogP contribution is 2.24. The van der Waals surface area contributed by atoms with E-state index < -0.39 is 17.7 Å². The van der Waals surface area contributed by atoms with E-state index in [0.717, 1.165) is 17.8 Å². The summed E-state index contributed by atoms with van der Waals surface area (Å²) in [5, 5.41) is 2.95. The van der Waals surface area contributed by atoms with Crippen molar-refractivity contribution in [3.63, 3.8) is 0 Å². The molecule has 0 saturated carbocycles. The molecular formula is C18H27N3O3. The number of nitrogens with zero attached hydrogens (tertiary/aromatic N) is 2. The number of rotatable bonds is 4. The van der Waals surface area contributed by atoms with Crippen LogP contribution in [0.4, 0.5) is 10.5 Å². The van der Waals surface area contributed by atoms with Crippen molar-refractivity contribution in [1.29, 1.82) is 0 Å². The van der Waals surface area contributed by atoms with Crippen LogP contribution < -0.4 is 5.32 Å². The molecule has 0 unspecified atom stereocenters. The minimum atomic E-state index is -0.563. The van der Waals surface area contributed by atoms with Crippen LogP contribution in [0.1, 0.15) is 32.8 Å². The van der Waals surface area contributed by atoms with E-state index in [1.807, 2.05) is 64.0 Å². The summed E-state index contributed by atoms with van der Waals surface area (Å²) in [4.78, 5) is 28.2. The van der Waals surface area contributed by atoms with Crippen LogP contribution >= 0.6 is 0 Å². The Bertz CT molecular complexity index is 608. The van der Waals surface area contributed by atoms with Gasteiger partial charge < -0.3 is 15.0 Å². The molecule has 2 rings (SSSR count). The lowest BCUT2D eigenvalue weighted by molar-refractivity contribution is -0.125. The predicted octanol–water partition coefficient (Wildman–Crippen LogP) is 2.70. The average molecular weight is 333 g/mol. The number of hydrogen-bond acceptors (Lipinski definition) is 4. The van der Waals surface area contributed by atoms with Crippen molar-refractivity contribution in [3.8, 4) is 0 Å². The lowest BCUT2D eigenvalue weighted by atomic mass is 10.0. The third kappa shape index (κ3) is 4.71. The molecule has 1 aliphatic heterocycles. The standard InChI is InChI=1S/C18H27N3O3/c1-18(2,3)24-17(23)21-11-10-15(21)16(22)19-14-9-7-6-8-13(14)12-20(4)5/h6-9,15H,10-12H2,1-5H3,(H,19,22)/t15-/m1/s1. The average Bonchev–Trinajstić information content (AvgIpc) is 2.36. The van der Waals surface area contributed by atoms with Crippen molar-refractivity contribution in [2.45, 2.75) is 45.4 Å². The van der Waals surface area contributed by atoms with Crippen molar-refractivity contribution >= 4 is 17.7 Å². The smallest absolute Gasteiger partial charge is 0.410 e. The van der Waals surface area contributed by atoms with Crippen molar-refractivity contribution in [3.05, 3.63) is 29.8 Å². The predicted molar refractivity (Wildman–Crippen MR) is 93.8 cm³/mol. The van der Waals surface area contributed by atoms with E-state index in [1.54, 1.807) is 0 Å². The number of carbonyl (C=O) groups excluding carboxylic acids is 2. The van der Waals surface area contributed by atoms with Crippen molar-refractivity contribution < 1.29 is 14.3 Å². The number of para-hydroxylation sites is 1. The van der Waals surface area contributed by atoms with Crippen LogP contribution in [-0.4, -0.2) is 54.1 Å². The highest BCUT2D eigenvalue weighted by molar-refractivity contribution is 5.98. The third-order valence-corrected chi connectivity index (χ3v) is 3.71. The van der Waals surface area contributed by atoms with Gasteiger partial charge in [0.1, 0.15) is 11.6 Å². The minimum Gasteiger partial charge on any atom is -0.444 e. The molecule has 1 atom stereocenters. The van der Waals surface area contributed by atoms with Crippen molar-refractivity contribution in [2.75, 3.05) is 26.0 Å². The second-order valence-corrected chi connectivity index (χ2v) is 7.36. The van der Waals surface area contributed by atoms with E-state index in [9.17, 15) is 9.59 Å². The summed E-state index contributed by atoms with van der Waals surface area (Å²) in [6.45, 7) is 6.73. The number of anilines is 1. The van der Waals surface area contributed by atoms with Gasteiger partial charge in [-0.05, 0) is 52.9 Å². The molecule has 0 bridgehead atoms. The normalized spacial score (nSPS) is 17.4. The Kier molecular flexibility index (Phi) is 5.49. The Morgan fingerprint density at radius 2 is 1.96 bits per heavy atom. The van der Waals surface area contributed by atoms with Crippen LogP contribution in [0.3, 0.4) is 0 Å². The Hall–Kier alpha value is -2.08. The van der Waals surface area contributed by atoms with Gasteiger partial charge >= 0.3 is 6.09 Å². The second kappa shape index (κ2) is 7.21. The summed E-state index contributed by atoms with van der Waals surface area (Å²) in [6.07, 6.45) is 0.219. The van der Waals surface area contributed by atoms with Gasteiger partial charge in [-0.2, -0.15) is 0 Å². The SMILES string of the molecule is CN(C)Cc1ccccc1NC(=O)[C@H]1CCN1C(=O)OC(C)(C)C. The largest absolute Gasteiger partial charge is 0.444 e. The van der Waals surface area contributed by atoms with Gasteiger partial charge in [0.05, 0.1) is 0 Å². The third-order valence-electron chi connectivity index (χ3n) is 3.71. The molecule has 0 radical (unpaired) electrons. The molecule has 2 amide bonds. The van der Waals surface area contributed by atoms with E-state index in [-0.39, 0.29) is 5.91 Å². The number of likely N-dealkylation sites (tertiary alicyclic amines) is 1. The fourth-order valence-corrected chi connectivity index (χ4v) is 2.54. The van der Waals surface area contributed by atoms with Gasteiger partial charge in [0.25, 0.3) is 0 Å². The molecule has 6 nitrogen and oxygen atoms in total. The van der Waals surface area contributed by atoms with Gasteiger partial charge in [0.2, 0.25) is 5.91 Å². The molecule has 1 N–H and O–H groups in total. The lowest BCUT2D eigenvalue weighted by Gasteiger charge is -2.40. The molecule has 0 aromatic heterocycles. The summed E-state index contributed by atoms with van der Waals surface area (Å²) < 4.78 is 5.35. The molecule has 1 aliphatic rings. The van der Waals surface area contributed by atoms with Gasteiger partial charge in [-0.1, -0.05) is 18.2 Å². The van der Waals surface area contributed by atoms with Crippen LogP contribution in [0, 0.1) is 0 Å². The zero-order valence-corrected chi connectivity index (χ0v) is 15.1. The van der Waals surface area contributed by atoms with Crippen LogP contribution in [0.5, 0.6) is 0 Å². The first-order valence-electron chi connectivity index (χ1n) is 8.20. The Labute approximate surface area is 143 Å². The van der Waals surface area contributed by atoms with Gasteiger partial charge in [0.15, 0.2) is 0 Å². The fourth-order valence-electron chi connectivity index (χ4n) is 2.54. The van der Waals surface area contributed by atoms with E-state index in [0.29, 0.717) is 13.0 Å². The topological polar surface area (TPSA) is 61.9 Å². The number of ether oxygens (including phenoxy) is 1. The molecule has 6 heteroatoms. The van der Waals surface area contributed by atoms with Crippen LogP contribution in [-0.2, 0) is 16.1 Å². The van der Waals surface area contributed by atoms with E-state index >= 15 is 0 Å². The first-order chi connectivity index (χ1) is 11.2. The zero-order valence-electron chi connectivity index (χ0n) is 15.1. The zero-order chi connectivity index (χ0) is 17.9. The first kappa shape index (κ1) is 18.3. The van der Waals surface area contributed by atoms with E-state index in [1.165, 1.54) is 4.90 Å². The second-order valence-electron chi connectivity index (χ2n) is 7.36. The Balaban J connectivity index is 2.02. The van der Waals surface area contributed by atoms with Crippen LogP contribution in [0.25, 0.3) is 0 Å². The molecule has 132 valence electrons. The number of amides is 2. The molecule has 1 aromatic carbocycles. The summed E-state index contributed by atoms with van der Waals surface area (Å²) in [5.74, 6) is -0.168. The maximum absolute atomic E-state index is 12.5. The molecular weight excluding hydrogens is 306 g/mol. The number of benzene rings is 1. The quantitative estimate of drug-likeness (QED) is 0.920. The summed E-state index contributed by atoms with van der Waals surface area (Å²) in [5.41, 5.74) is 1.26. The van der Waals surface area contributed by atoms with E-state index in [2.05, 4.69) is 5.32 Å². The van der Waals surface area contributed by atoms with Gasteiger partial charge in [-0.3, -0.25) is 9.69 Å². The molecule has 1 heterocycles. The fraction of sp³-hybridized carbons (Fsp3) is 0.556. The number of carbonyl (C=O) groups is 2. The molecule has 1 fully saturated rings. The summed E-state index contributed by atoms with van der Waals surface area (Å²) >= 11 is 0. The Morgan fingerprint density at radius 1 is 1.29 bits per heavy atom. The minimum absolute atomic E-state index is 0.168. The Morgan fingerprint density at radius 3 is 2.50 bits per heavy atom. The van der Waals surface area contributed by atoms with E-state index in [4.69, 9.17) is 4.74 Å². The molecule has 1 aromatic rings. The van der Waals surface area contributed by atoms with Crippen LogP contribution in [0.15, 0.2) is 24.3 Å². The first-order valence-corrected chi connectivity index (χ1v) is 8.20. The maximum atomic E-state index is 12.5. The highest BCUT2D eigenvalue weighted by atomic mass is 16.6. The van der Waals surface area contributed by atoms with Crippen LogP contribution in [0.2, 0.25) is 0 Å². The number of hydrogen-bond donors (Lipinski definition) is 1. The van der Waals surface area contributed by atoms with Crippen molar-refractivity contribution in [2.24, 2.45) is 0 Å². The van der Waals surface area contributed by atoms with Gasteiger partial charge in [-0.25, -0.2) is 4.79 Å². The summed E-state index contributed by atoms with van der Waals surface area (Å²) in [6, 6.07) is 7.24. The number of nitrogens with one attached hydrogen (secondary N) is 1. The lowest BCUT2D eigenvalue weighted by Crippen LogP contribution is -2.57. The summed E-state index contributed by atoms with van der Waals surface area (Å²) in [7, 11) is 3.96. The van der Waals surface area contributed by atoms with Crippen molar-refractivity contribution in [1.82, 2.24) is 9.80 Å². The molecule has 0 spiro atoms. The monoisotopic (exact) mass is 333 g/mol. The molecule has 0 aliphatic carbocycles. The molecule has 24 heavy (non-hydrogen) atoms. The van der Waals surface area contributed by atoms with Gasteiger partial charge in [0, 0.05) is 18.8 Å².